The fourth-order valence-electron chi connectivity index (χ4n) is 1.66. The minimum atomic E-state index is 0.238. The molecule has 18 heavy (non-hydrogen) atoms. The Morgan fingerprint density at radius 1 is 1.50 bits per heavy atom. The van der Waals surface area contributed by atoms with Crippen molar-refractivity contribution in [2.45, 2.75) is 26.2 Å². The first-order valence-corrected chi connectivity index (χ1v) is 5.85. The van der Waals surface area contributed by atoms with Crippen LogP contribution in [0.5, 0.6) is 0 Å². The van der Waals surface area contributed by atoms with Crippen molar-refractivity contribution < 1.29 is 4.52 Å². The molecule has 0 aliphatic rings. The molecule has 1 atom stereocenters. The van der Waals surface area contributed by atoms with E-state index in [-0.39, 0.29) is 5.92 Å². The summed E-state index contributed by atoms with van der Waals surface area (Å²) in [5.41, 5.74) is 1.05. The van der Waals surface area contributed by atoms with E-state index in [1.807, 2.05) is 19.1 Å². The zero-order valence-corrected chi connectivity index (χ0v) is 10.2. The van der Waals surface area contributed by atoms with Gasteiger partial charge in [-0.1, -0.05) is 18.1 Å². The van der Waals surface area contributed by atoms with Gasteiger partial charge in [0.1, 0.15) is 0 Å². The zero-order valence-electron chi connectivity index (χ0n) is 10.2. The highest BCUT2D eigenvalue weighted by Crippen LogP contribution is 2.11. The Morgan fingerprint density at radius 3 is 3.11 bits per heavy atom. The van der Waals surface area contributed by atoms with Crippen LogP contribution in [0.2, 0.25) is 0 Å². The Morgan fingerprint density at radius 2 is 2.39 bits per heavy atom. The standard InChI is InChI=1S/C13H14N4O/c1-10(4-5-14)7-13-16-12(17-18-13)8-11-3-2-6-15-9-11/h2-3,6,9-10H,4,7-8H2,1H3. The number of hydrogen-bond donors (Lipinski definition) is 0. The third-order valence-electron chi connectivity index (χ3n) is 2.56. The van der Waals surface area contributed by atoms with E-state index in [0.29, 0.717) is 31.0 Å². The number of aromatic nitrogens is 3. The molecule has 0 fully saturated rings. The van der Waals surface area contributed by atoms with Crippen molar-refractivity contribution in [3.05, 3.63) is 41.8 Å². The molecule has 0 aliphatic heterocycles. The lowest BCUT2D eigenvalue weighted by Crippen LogP contribution is -1.99. The van der Waals surface area contributed by atoms with Gasteiger partial charge in [-0.2, -0.15) is 10.2 Å². The number of hydrogen-bond acceptors (Lipinski definition) is 5. The van der Waals surface area contributed by atoms with Crippen LogP contribution in [-0.4, -0.2) is 15.1 Å². The van der Waals surface area contributed by atoms with E-state index in [2.05, 4.69) is 21.2 Å². The van der Waals surface area contributed by atoms with Crippen LogP contribution in [-0.2, 0) is 12.8 Å². The lowest BCUT2D eigenvalue weighted by Gasteiger charge is -2.00. The molecule has 2 aromatic heterocycles. The fraction of sp³-hybridized carbons (Fsp3) is 0.385. The van der Waals surface area contributed by atoms with E-state index in [4.69, 9.17) is 9.78 Å². The Bertz CT molecular complexity index is 529. The second-order valence-corrected chi connectivity index (χ2v) is 4.31. The molecule has 2 rings (SSSR count). The Hall–Kier alpha value is -2.22. The van der Waals surface area contributed by atoms with E-state index >= 15 is 0 Å². The van der Waals surface area contributed by atoms with Gasteiger partial charge < -0.3 is 4.52 Å². The lowest BCUT2D eigenvalue weighted by molar-refractivity contribution is 0.355. The topological polar surface area (TPSA) is 75.6 Å². The number of rotatable bonds is 5. The van der Waals surface area contributed by atoms with Gasteiger partial charge in [0.15, 0.2) is 5.82 Å². The molecular formula is C13H14N4O. The van der Waals surface area contributed by atoms with Crippen LogP contribution in [0.15, 0.2) is 29.0 Å². The van der Waals surface area contributed by atoms with Gasteiger partial charge in [-0.3, -0.25) is 4.98 Å². The summed E-state index contributed by atoms with van der Waals surface area (Å²) >= 11 is 0. The van der Waals surface area contributed by atoms with E-state index in [9.17, 15) is 0 Å². The van der Waals surface area contributed by atoms with Crippen LogP contribution in [0.3, 0.4) is 0 Å². The zero-order chi connectivity index (χ0) is 12.8. The summed E-state index contributed by atoms with van der Waals surface area (Å²) < 4.78 is 5.16. The normalized spacial score (nSPS) is 12.0. The Balaban J connectivity index is 1.96. The maximum Gasteiger partial charge on any atom is 0.226 e. The van der Waals surface area contributed by atoms with Gasteiger partial charge in [-0.15, -0.1) is 0 Å². The maximum absolute atomic E-state index is 8.59. The van der Waals surface area contributed by atoms with E-state index in [1.165, 1.54) is 0 Å². The molecule has 2 heterocycles. The molecule has 2 aromatic rings. The molecule has 0 amide bonds. The Kier molecular flexibility index (Phi) is 4.02. The van der Waals surface area contributed by atoms with Gasteiger partial charge >= 0.3 is 0 Å². The summed E-state index contributed by atoms with van der Waals surface area (Å²) in [6, 6.07) is 5.99. The third-order valence-corrected chi connectivity index (χ3v) is 2.56. The second kappa shape index (κ2) is 5.92. The highest BCUT2D eigenvalue weighted by atomic mass is 16.5. The first kappa shape index (κ1) is 12.2. The Labute approximate surface area is 105 Å². The molecule has 0 saturated carbocycles. The molecular weight excluding hydrogens is 228 g/mol. The minimum Gasteiger partial charge on any atom is -0.339 e. The van der Waals surface area contributed by atoms with Crippen molar-refractivity contribution in [1.29, 1.82) is 5.26 Å². The van der Waals surface area contributed by atoms with Crippen molar-refractivity contribution in [3.63, 3.8) is 0 Å². The summed E-state index contributed by atoms with van der Waals surface area (Å²) in [5.74, 6) is 1.49. The lowest BCUT2D eigenvalue weighted by atomic mass is 10.1. The summed E-state index contributed by atoms with van der Waals surface area (Å²) in [5, 5.41) is 12.5. The minimum absolute atomic E-state index is 0.238. The van der Waals surface area contributed by atoms with Crippen molar-refractivity contribution in [2.75, 3.05) is 0 Å². The van der Waals surface area contributed by atoms with Gasteiger partial charge in [0, 0.05) is 31.7 Å². The highest BCUT2D eigenvalue weighted by Gasteiger charge is 2.11. The average Bonchev–Trinajstić information content (AvgIpc) is 2.78. The molecule has 0 spiro atoms. The molecule has 5 heteroatoms. The SMILES string of the molecule is CC(CC#N)Cc1nc(Cc2cccnc2)no1. The van der Waals surface area contributed by atoms with Crippen LogP contribution in [0.4, 0.5) is 0 Å². The maximum atomic E-state index is 8.59. The molecule has 1 unspecified atom stereocenters. The number of pyridine rings is 1. The number of nitrogens with zero attached hydrogens (tertiary/aromatic N) is 4. The first-order valence-electron chi connectivity index (χ1n) is 5.85. The van der Waals surface area contributed by atoms with Gasteiger partial charge in [-0.25, -0.2) is 0 Å². The fourth-order valence-corrected chi connectivity index (χ4v) is 1.66. The predicted octanol–water partition coefficient (Wildman–Crippen LogP) is 2.15. The van der Waals surface area contributed by atoms with Gasteiger partial charge in [0.2, 0.25) is 5.89 Å². The van der Waals surface area contributed by atoms with Gasteiger partial charge in [-0.05, 0) is 17.5 Å². The highest BCUT2D eigenvalue weighted by molar-refractivity contribution is 5.13. The molecule has 0 aliphatic carbocycles. The van der Waals surface area contributed by atoms with Crippen LogP contribution < -0.4 is 0 Å². The predicted molar refractivity (Wildman–Crippen MR) is 64.4 cm³/mol. The smallest absolute Gasteiger partial charge is 0.226 e. The summed E-state index contributed by atoms with van der Waals surface area (Å²) in [7, 11) is 0. The van der Waals surface area contributed by atoms with Gasteiger partial charge in [0.25, 0.3) is 0 Å². The largest absolute Gasteiger partial charge is 0.339 e. The molecule has 0 bridgehead atoms. The number of nitriles is 1. The summed E-state index contributed by atoms with van der Waals surface area (Å²) in [6.07, 6.45) is 5.28. The van der Waals surface area contributed by atoms with Crippen LogP contribution in [0.1, 0.15) is 30.6 Å². The molecule has 0 aromatic carbocycles. The van der Waals surface area contributed by atoms with Crippen molar-refractivity contribution >= 4 is 0 Å². The summed E-state index contributed by atoms with van der Waals surface area (Å²) in [4.78, 5) is 8.35. The average molecular weight is 242 g/mol. The van der Waals surface area contributed by atoms with E-state index in [0.717, 1.165) is 5.56 Å². The third kappa shape index (κ3) is 3.39. The monoisotopic (exact) mass is 242 g/mol. The molecule has 0 saturated heterocycles. The van der Waals surface area contributed by atoms with Crippen molar-refractivity contribution in [1.82, 2.24) is 15.1 Å². The first-order chi connectivity index (χ1) is 8.78. The van der Waals surface area contributed by atoms with Crippen LogP contribution >= 0.6 is 0 Å². The van der Waals surface area contributed by atoms with Crippen molar-refractivity contribution in [2.24, 2.45) is 5.92 Å². The van der Waals surface area contributed by atoms with Crippen LogP contribution in [0.25, 0.3) is 0 Å². The van der Waals surface area contributed by atoms with E-state index in [1.54, 1.807) is 12.4 Å². The van der Waals surface area contributed by atoms with Crippen molar-refractivity contribution in [3.8, 4) is 6.07 Å². The molecule has 92 valence electrons. The molecule has 0 N–H and O–H groups in total. The second-order valence-electron chi connectivity index (χ2n) is 4.31. The quantitative estimate of drug-likeness (QED) is 0.802. The summed E-state index contributed by atoms with van der Waals surface area (Å²) in [6.45, 7) is 1.99. The van der Waals surface area contributed by atoms with Gasteiger partial charge in [0.05, 0.1) is 6.07 Å². The van der Waals surface area contributed by atoms with E-state index < -0.39 is 0 Å². The van der Waals surface area contributed by atoms with Crippen LogP contribution in [0, 0.1) is 17.2 Å². The molecule has 5 nitrogen and oxygen atoms in total. The molecule has 0 radical (unpaired) electrons.